The van der Waals surface area contributed by atoms with E-state index in [-0.39, 0.29) is 12.6 Å². The van der Waals surface area contributed by atoms with Crippen molar-refractivity contribution in [2.24, 2.45) is 5.92 Å². The molecule has 6 heteroatoms. The van der Waals surface area contributed by atoms with Gasteiger partial charge in [-0.25, -0.2) is 0 Å². The second-order valence-corrected chi connectivity index (χ2v) is 4.91. The van der Waals surface area contributed by atoms with Gasteiger partial charge in [0.1, 0.15) is 12.0 Å². The van der Waals surface area contributed by atoms with E-state index in [1.807, 2.05) is 24.3 Å². The average molecular weight is 283 g/mol. The molecule has 1 aliphatic rings. The first kappa shape index (κ1) is 13.3. The van der Waals surface area contributed by atoms with Crippen LogP contribution in [0.4, 0.5) is 5.69 Å². The van der Waals surface area contributed by atoms with Gasteiger partial charge in [-0.3, -0.25) is 9.78 Å². The zero-order chi connectivity index (χ0) is 14.8. The topological polar surface area (TPSA) is 95.2 Å². The van der Waals surface area contributed by atoms with Gasteiger partial charge in [-0.15, -0.1) is 0 Å². The minimum Gasteiger partial charge on any atom is -0.481 e. The second kappa shape index (κ2) is 5.38. The van der Waals surface area contributed by atoms with Crippen LogP contribution >= 0.6 is 0 Å². The number of carbonyl (C=O) groups is 1. The summed E-state index contributed by atoms with van der Waals surface area (Å²) in [5, 5.41) is 22.4. The van der Waals surface area contributed by atoms with Crippen molar-refractivity contribution in [2.45, 2.75) is 6.04 Å². The predicted octanol–water partition coefficient (Wildman–Crippen LogP) is 1.62. The lowest BCUT2D eigenvalue weighted by Crippen LogP contribution is -2.33. The highest BCUT2D eigenvalue weighted by Gasteiger charge is 2.34. The van der Waals surface area contributed by atoms with Crippen molar-refractivity contribution >= 4 is 22.6 Å². The number of aromatic nitrogens is 1. The number of aliphatic carboxylic acids is 1. The molecule has 2 N–H and O–H groups in total. The highest BCUT2D eigenvalue weighted by atomic mass is 16.5. The van der Waals surface area contributed by atoms with Gasteiger partial charge in [-0.05, 0) is 6.07 Å². The molecule has 0 amide bonds. The summed E-state index contributed by atoms with van der Waals surface area (Å²) in [7, 11) is 0. The van der Waals surface area contributed by atoms with Gasteiger partial charge in [0.2, 0.25) is 0 Å². The molecule has 3 rings (SSSR count). The Morgan fingerprint density at radius 1 is 1.43 bits per heavy atom. The maximum Gasteiger partial charge on any atom is 0.311 e. The Labute approximate surface area is 121 Å². The normalized spacial score (nSPS) is 21.1. The Bertz CT molecular complexity index is 739. The van der Waals surface area contributed by atoms with Gasteiger partial charge >= 0.3 is 5.97 Å². The highest BCUT2D eigenvalue weighted by Crippen LogP contribution is 2.28. The van der Waals surface area contributed by atoms with Crippen molar-refractivity contribution in [3.05, 3.63) is 36.0 Å². The summed E-state index contributed by atoms with van der Waals surface area (Å²) in [6.45, 7) is 0.483. The third kappa shape index (κ3) is 2.39. The van der Waals surface area contributed by atoms with E-state index >= 15 is 0 Å². The van der Waals surface area contributed by atoms with Crippen LogP contribution in [0.25, 0.3) is 10.9 Å². The van der Waals surface area contributed by atoms with Crippen molar-refractivity contribution in [3.63, 3.8) is 0 Å². The third-order valence-electron chi connectivity index (χ3n) is 3.62. The molecular weight excluding hydrogens is 270 g/mol. The number of para-hydroxylation sites is 1. The minimum atomic E-state index is -0.901. The number of carboxylic acids is 1. The largest absolute Gasteiger partial charge is 0.481 e. The Kier molecular flexibility index (Phi) is 3.42. The summed E-state index contributed by atoms with van der Waals surface area (Å²) in [6.07, 6.45) is 1.50. The molecule has 0 saturated carbocycles. The van der Waals surface area contributed by atoms with Crippen molar-refractivity contribution in [1.82, 2.24) is 4.98 Å². The number of fused-ring (bicyclic) bond motifs is 1. The minimum absolute atomic E-state index is 0.178. The number of anilines is 1. The van der Waals surface area contributed by atoms with Crippen LogP contribution in [0.15, 0.2) is 30.5 Å². The summed E-state index contributed by atoms with van der Waals surface area (Å²) in [6, 6.07) is 9.16. The van der Waals surface area contributed by atoms with E-state index in [2.05, 4.69) is 16.4 Å². The lowest BCUT2D eigenvalue weighted by atomic mass is 10.0. The zero-order valence-corrected chi connectivity index (χ0v) is 11.1. The van der Waals surface area contributed by atoms with Crippen LogP contribution in [0, 0.1) is 17.2 Å². The monoisotopic (exact) mass is 283 g/mol. The first-order valence-electron chi connectivity index (χ1n) is 6.55. The molecule has 0 aliphatic carbocycles. The summed E-state index contributed by atoms with van der Waals surface area (Å²) in [5.74, 6) is -1.52. The molecule has 0 radical (unpaired) electrons. The van der Waals surface area contributed by atoms with Crippen LogP contribution in [-0.2, 0) is 9.53 Å². The molecule has 1 saturated heterocycles. The fraction of sp³-hybridized carbons (Fsp3) is 0.267. The molecule has 1 aromatic heterocycles. The smallest absolute Gasteiger partial charge is 0.311 e. The molecule has 1 fully saturated rings. The van der Waals surface area contributed by atoms with Gasteiger partial charge in [0.25, 0.3) is 0 Å². The van der Waals surface area contributed by atoms with Crippen LogP contribution in [0.3, 0.4) is 0 Å². The summed E-state index contributed by atoms with van der Waals surface area (Å²) in [5.41, 5.74) is 1.76. The van der Waals surface area contributed by atoms with E-state index < -0.39 is 11.9 Å². The maximum absolute atomic E-state index is 11.2. The molecule has 2 unspecified atom stereocenters. The number of nitrogens with zero attached hydrogens (tertiary/aromatic N) is 2. The SMILES string of the molecule is N#Cc1cnc2ccccc2c1NC1COCC1C(=O)O. The lowest BCUT2D eigenvalue weighted by Gasteiger charge is -2.19. The predicted molar refractivity (Wildman–Crippen MR) is 75.8 cm³/mol. The number of rotatable bonds is 3. The molecule has 0 bridgehead atoms. The molecule has 6 nitrogen and oxygen atoms in total. The fourth-order valence-electron chi connectivity index (χ4n) is 2.51. The molecule has 2 aromatic rings. The van der Waals surface area contributed by atoms with Crippen LogP contribution in [0.2, 0.25) is 0 Å². The second-order valence-electron chi connectivity index (χ2n) is 4.91. The maximum atomic E-state index is 11.2. The molecule has 2 atom stereocenters. The molecule has 106 valence electrons. The molecule has 0 spiro atoms. The van der Waals surface area contributed by atoms with Crippen molar-refractivity contribution < 1.29 is 14.6 Å². The van der Waals surface area contributed by atoms with E-state index in [1.165, 1.54) is 6.20 Å². The van der Waals surface area contributed by atoms with Crippen molar-refractivity contribution in [1.29, 1.82) is 5.26 Å². The number of pyridine rings is 1. The highest BCUT2D eigenvalue weighted by molar-refractivity contribution is 5.94. The van der Waals surface area contributed by atoms with Crippen LogP contribution in [0.1, 0.15) is 5.56 Å². The van der Waals surface area contributed by atoms with E-state index in [1.54, 1.807) is 0 Å². The number of ether oxygens (including phenoxy) is 1. The molecule has 1 aromatic carbocycles. The zero-order valence-electron chi connectivity index (χ0n) is 11.1. The van der Waals surface area contributed by atoms with Crippen molar-refractivity contribution in [2.75, 3.05) is 18.5 Å². The number of nitriles is 1. The first-order chi connectivity index (χ1) is 10.2. The van der Waals surface area contributed by atoms with E-state index in [9.17, 15) is 15.2 Å². The molecule has 21 heavy (non-hydrogen) atoms. The number of hydrogen-bond donors (Lipinski definition) is 2. The first-order valence-corrected chi connectivity index (χ1v) is 6.55. The van der Waals surface area contributed by atoms with Crippen molar-refractivity contribution in [3.8, 4) is 6.07 Å². The van der Waals surface area contributed by atoms with Crippen LogP contribution in [-0.4, -0.2) is 35.3 Å². The number of carboxylic acid groups (broad SMARTS) is 1. The fourth-order valence-corrected chi connectivity index (χ4v) is 2.51. The van der Waals surface area contributed by atoms with E-state index in [0.717, 1.165) is 10.9 Å². The van der Waals surface area contributed by atoms with Gasteiger partial charge in [-0.2, -0.15) is 5.26 Å². The third-order valence-corrected chi connectivity index (χ3v) is 3.62. The van der Waals surface area contributed by atoms with Gasteiger partial charge in [0.05, 0.1) is 36.0 Å². The van der Waals surface area contributed by atoms with E-state index in [4.69, 9.17) is 4.74 Å². The average Bonchev–Trinajstić information content (AvgIpc) is 2.96. The van der Waals surface area contributed by atoms with Gasteiger partial charge in [0, 0.05) is 11.6 Å². The van der Waals surface area contributed by atoms with Gasteiger partial charge in [0.15, 0.2) is 0 Å². The Balaban J connectivity index is 2.03. The quantitative estimate of drug-likeness (QED) is 0.888. The standard InChI is InChI=1S/C15H13N3O3/c16-5-9-6-17-12-4-2-1-3-10(12)14(9)18-13-8-21-7-11(13)15(19)20/h1-4,6,11,13H,7-8H2,(H,17,18)(H,19,20). The Morgan fingerprint density at radius 3 is 3.00 bits per heavy atom. The summed E-state index contributed by atoms with van der Waals surface area (Å²) >= 11 is 0. The molecular formula is C15H13N3O3. The number of nitrogens with one attached hydrogen (secondary N) is 1. The van der Waals surface area contributed by atoms with E-state index in [0.29, 0.717) is 17.9 Å². The Hall–Kier alpha value is -2.65. The summed E-state index contributed by atoms with van der Waals surface area (Å²) in [4.78, 5) is 15.5. The molecule has 2 heterocycles. The Morgan fingerprint density at radius 2 is 2.24 bits per heavy atom. The summed E-state index contributed by atoms with van der Waals surface area (Å²) < 4.78 is 5.25. The van der Waals surface area contributed by atoms with Gasteiger partial charge < -0.3 is 15.2 Å². The number of benzene rings is 1. The molecule has 1 aliphatic heterocycles. The van der Waals surface area contributed by atoms with Gasteiger partial charge in [-0.1, -0.05) is 18.2 Å². The van der Waals surface area contributed by atoms with Crippen LogP contribution in [0.5, 0.6) is 0 Å². The lowest BCUT2D eigenvalue weighted by molar-refractivity contribution is -0.141. The van der Waals surface area contributed by atoms with Crippen LogP contribution < -0.4 is 5.32 Å². The number of hydrogen-bond acceptors (Lipinski definition) is 5.